The highest BCUT2D eigenvalue weighted by atomic mass is 32.1. The van der Waals surface area contributed by atoms with Crippen molar-refractivity contribution in [1.29, 1.82) is 0 Å². The smallest absolute Gasteiger partial charge is 0.343 e. The summed E-state index contributed by atoms with van der Waals surface area (Å²) in [7, 11) is 2.55. The van der Waals surface area contributed by atoms with Crippen LogP contribution in [0.15, 0.2) is 64.2 Å². The van der Waals surface area contributed by atoms with Crippen LogP contribution in [0.3, 0.4) is 0 Å². The van der Waals surface area contributed by atoms with Gasteiger partial charge in [0.15, 0.2) is 5.82 Å². The van der Waals surface area contributed by atoms with Gasteiger partial charge in [-0.3, -0.25) is 14.2 Å². The average Bonchev–Trinajstić information content (AvgIpc) is 3.42. The number of hydroxylamine groups is 1. The van der Waals surface area contributed by atoms with E-state index in [1.807, 2.05) is 0 Å². The average molecular weight is 630 g/mol. The van der Waals surface area contributed by atoms with E-state index in [0.717, 1.165) is 34.1 Å². The normalized spacial score (nSPS) is 13.8. The van der Waals surface area contributed by atoms with E-state index < -0.39 is 61.5 Å². The molecule has 12 nitrogen and oxygen atoms in total. The molecule has 3 heterocycles. The molecule has 5 aromatic rings. The van der Waals surface area contributed by atoms with Gasteiger partial charge in [-0.05, 0) is 55.4 Å². The summed E-state index contributed by atoms with van der Waals surface area (Å²) in [5, 5.41) is 9.92. The molecule has 2 N–H and O–H groups in total. The number of urea groups is 1. The van der Waals surface area contributed by atoms with Crippen molar-refractivity contribution < 1.29 is 31.4 Å². The summed E-state index contributed by atoms with van der Waals surface area (Å²) in [6.45, 7) is -7.96. The Bertz CT molecular complexity index is 2140. The lowest BCUT2D eigenvalue weighted by Crippen LogP contribution is -2.39. The molecule has 44 heavy (non-hydrogen) atoms. The van der Waals surface area contributed by atoms with E-state index in [0.29, 0.717) is 15.8 Å². The molecule has 228 valence electrons. The van der Waals surface area contributed by atoms with Gasteiger partial charge in [0.2, 0.25) is 5.88 Å². The van der Waals surface area contributed by atoms with E-state index in [4.69, 9.17) is 13.0 Å². The van der Waals surface area contributed by atoms with Crippen molar-refractivity contribution in [3.63, 3.8) is 0 Å². The Morgan fingerprint density at radius 2 is 1.75 bits per heavy atom. The van der Waals surface area contributed by atoms with Crippen LogP contribution in [0.2, 0.25) is 0 Å². The molecule has 3 aromatic heterocycles. The van der Waals surface area contributed by atoms with Gasteiger partial charge < -0.3 is 15.0 Å². The number of thiophene rings is 1. The van der Waals surface area contributed by atoms with Gasteiger partial charge in [-0.25, -0.2) is 28.4 Å². The Labute approximate surface area is 261 Å². The fraction of sp³-hybridized carbons (Fsp3) is 0.207. The highest BCUT2D eigenvalue weighted by molar-refractivity contribution is 7.22. The number of nitrogens with zero attached hydrogens (tertiary/aromatic N) is 5. The monoisotopic (exact) mass is 629 g/mol. The first kappa shape index (κ1) is 23.5. The molecule has 0 bridgehead atoms. The summed E-state index contributed by atoms with van der Waals surface area (Å²) in [4.78, 5) is 45.3. The lowest BCUT2D eigenvalue weighted by Gasteiger charge is -2.14. The number of amides is 2. The van der Waals surface area contributed by atoms with Crippen LogP contribution < -0.4 is 26.8 Å². The minimum Gasteiger partial charge on any atom is -0.480 e. The van der Waals surface area contributed by atoms with E-state index in [9.17, 15) is 23.2 Å². The number of carbonyl (C=O) groups is 1. The van der Waals surface area contributed by atoms with Crippen LogP contribution in [0.25, 0.3) is 26.5 Å². The predicted octanol–water partition coefficient (Wildman–Crippen LogP) is 3.75. The highest BCUT2D eigenvalue weighted by Crippen LogP contribution is 2.38. The van der Waals surface area contributed by atoms with Crippen molar-refractivity contribution in [3.8, 4) is 22.1 Å². The molecule has 0 atom stereocenters. The van der Waals surface area contributed by atoms with Gasteiger partial charge in [-0.2, -0.15) is 0 Å². The molecular weight excluding hydrogens is 596 g/mol. The molecule has 15 heteroatoms. The van der Waals surface area contributed by atoms with Crippen LogP contribution in [0.1, 0.15) is 19.4 Å². The number of hydrogen-bond acceptors (Lipinski definition) is 9. The Morgan fingerprint density at radius 3 is 2.36 bits per heavy atom. The van der Waals surface area contributed by atoms with E-state index in [-0.39, 0.29) is 37.3 Å². The molecule has 0 saturated carbocycles. The number of fused-ring (bicyclic) bond motifs is 1. The maximum Gasteiger partial charge on any atom is 0.343 e. The fourth-order valence-corrected chi connectivity index (χ4v) is 5.79. The minimum atomic E-state index is -3.19. The molecule has 0 saturated heterocycles. The van der Waals surface area contributed by atoms with Crippen molar-refractivity contribution in [2.24, 2.45) is 0 Å². The van der Waals surface area contributed by atoms with Crippen LogP contribution in [-0.2, 0) is 17.9 Å². The van der Waals surface area contributed by atoms with Gasteiger partial charge in [-0.15, -0.1) is 21.5 Å². The third-order valence-corrected chi connectivity index (χ3v) is 7.73. The standard InChI is InChI=1S/C29H27F2N7O5S/c1-36(2)14-19-24-26(39)38(22-12-13-23(42-3)34-33-22)29(41)37(15-18-20(30)6-5-7-21(18)31)27(24)44-25(19)16-8-10-17(11-9-16)32-28(40)35-43-4/h5-13H,14-15H2,1-4H3,(H2,32,35,40)/i1D3,2D3. The number of hydrogen-bond donors (Lipinski definition) is 2. The summed E-state index contributed by atoms with van der Waals surface area (Å²) in [5.74, 6) is -2.24. The largest absolute Gasteiger partial charge is 0.480 e. The SMILES string of the molecule is [2H]C([2H])([2H])N(Cc1c(-c2ccc(NC(=O)NOC)cc2)sc2c1c(=O)n(-c1ccc(OC)nn1)c(=O)n2Cc1c(F)cccc1F)C([2H])([2H])[2H]. The van der Waals surface area contributed by atoms with E-state index in [1.54, 1.807) is 0 Å². The summed E-state index contributed by atoms with van der Waals surface area (Å²) < 4.78 is 84.4. The molecule has 0 aliphatic rings. The Kier molecular flexibility index (Phi) is 6.78. The van der Waals surface area contributed by atoms with Gasteiger partial charge >= 0.3 is 11.7 Å². The topological polar surface area (TPSA) is 133 Å². The fourth-order valence-electron chi connectivity index (χ4n) is 4.49. The molecule has 0 spiro atoms. The van der Waals surface area contributed by atoms with Crippen molar-refractivity contribution in [3.05, 3.63) is 98.2 Å². The molecule has 2 aromatic carbocycles. The van der Waals surface area contributed by atoms with E-state index in [1.165, 1.54) is 50.6 Å². The zero-order chi connectivity index (χ0) is 36.5. The van der Waals surface area contributed by atoms with Crippen molar-refractivity contribution in [2.45, 2.75) is 13.1 Å². The first-order chi connectivity index (χ1) is 23.5. The molecule has 0 radical (unpaired) electrons. The molecule has 0 aliphatic carbocycles. The van der Waals surface area contributed by atoms with Crippen LogP contribution in [-0.4, -0.2) is 58.4 Å². The summed E-state index contributed by atoms with van der Waals surface area (Å²) >= 11 is 0.799. The van der Waals surface area contributed by atoms with E-state index >= 15 is 0 Å². The number of aromatic nitrogens is 4. The Morgan fingerprint density at radius 1 is 1.02 bits per heavy atom. The number of nitrogens with one attached hydrogen (secondary N) is 2. The number of methoxy groups -OCH3 is 1. The third-order valence-electron chi connectivity index (χ3n) is 6.43. The number of carbonyl (C=O) groups excluding carboxylic acids is 1. The maximum absolute atomic E-state index is 15.0. The number of rotatable bonds is 9. The number of halogens is 2. The summed E-state index contributed by atoms with van der Waals surface area (Å²) in [6.07, 6.45) is 0. The van der Waals surface area contributed by atoms with Crippen molar-refractivity contribution in [2.75, 3.05) is 33.5 Å². The Hall–Kier alpha value is -4.99. The first-order valence-corrected chi connectivity index (χ1v) is 13.5. The highest BCUT2D eigenvalue weighted by Gasteiger charge is 2.26. The number of ether oxygens (including phenoxy) is 1. The minimum absolute atomic E-state index is 0.0405. The number of benzene rings is 2. The van der Waals surface area contributed by atoms with Gasteiger partial charge in [0.05, 0.1) is 26.2 Å². The molecule has 0 unspecified atom stereocenters. The molecular formula is C29H27F2N7O5S. The third kappa shape index (κ3) is 5.92. The second-order valence-corrected chi connectivity index (χ2v) is 10.2. The van der Waals surface area contributed by atoms with Gasteiger partial charge in [0, 0.05) is 37.0 Å². The summed E-state index contributed by atoms with van der Waals surface area (Å²) in [6, 6.07) is 10.9. The predicted molar refractivity (Wildman–Crippen MR) is 161 cm³/mol. The second-order valence-electron chi connectivity index (χ2n) is 9.16. The zero-order valence-electron chi connectivity index (χ0n) is 29.1. The van der Waals surface area contributed by atoms with Crippen LogP contribution in [0.4, 0.5) is 19.3 Å². The molecule has 5 rings (SSSR count). The van der Waals surface area contributed by atoms with Crippen molar-refractivity contribution >= 4 is 33.3 Å². The van der Waals surface area contributed by atoms with Crippen LogP contribution in [0.5, 0.6) is 5.88 Å². The number of anilines is 1. The lowest BCUT2D eigenvalue weighted by atomic mass is 10.1. The lowest BCUT2D eigenvalue weighted by molar-refractivity contribution is 0.114. The molecule has 0 fully saturated rings. The van der Waals surface area contributed by atoms with Crippen LogP contribution in [0, 0.1) is 11.6 Å². The first-order valence-electron chi connectivity index (χ1n) is 15.7. The summed E-state index contributed by atoms with van der Waals surface area (Å²) in [5.41, 5.74) is -0.0294. The van der Waals surface area contributed by atoms with E-state index in [2.05, 4.69) is 25.8 Å². The van der Waals surface area contributed by atoms with Crippen LogP contribution >= 0.6 is 11.3 Å². The molecule has 2 amide bonds. The quantitative estimate of drug-likeness (QED) is 0.236. The van der Waals surface area contributed by atoms with Gasteiger partial charge in [0.25, 0.3) is 5.56 Å². The van der Waals surface area contributed by atoms with Crippen molar-refractivity contribution in [1.82, 2.24) is 29.7 Å². The molecule has 0 aliphatic heterocycles. The second kappa shape index (κ2) is 12.7. The Balaban J connectivity index is 1.86. The van der Waals surface area contributed by atoms with Gasteiger partial charge in [0.1, 0.15) is 16.5 Å². The van der Waals surface area contributed by atoms with Gasteiger partial charge in [-0.1, -0.05) is 18.2 Å². The zero-order valence-corrected chi connectivity index (χ0v) is 23.9. The maximum atomic E-state index is 15.0.